The molecule has 2 aliphatic heterocycles. The summed E-state index contributed by atoms with van der Waals surface area (Å²) in [6.07, 6.45) is 3.26. The monoisotopic (exact) mass is 416 g/mol. The van der Waals surface area contributed by atoms with Crippen LogP contribution in [0.2, 0.25) is 0 Å². The molecule has 150 valence electrons. The van der Waals surface area contributed by atoms with Crippen molar-refractivity contribution in [2.45, 2.75) is 35.5 Å². The van der Waals surface area contributed by atoms with Crippen molar-refractivity contribution < 1.29 is 26.4 Å². The summed E-state index contributed by atoms with van der Waals surface area (Å²) in [4.78, 5) is 14.1. The molecule has 8 nitrogen and oxygen atoms in total. The Balaban J connectivity index is 1.63. The minimum absolute atomic E-state index is 0.0764. The van der Waals surface area contributed by atoms with Gasteiger partial charge < -0.3 is 9.64 Å². The summed E-state index contributed by atoms with van der Waals surface area (Å²) in [6.45, 7) is 1.42. The molecule has 27 heavy (non-hydrogen) atoms. The number of ether oxygens (including phenoxy) is 1. The molecule has 2 atom stereocenters. The molecule has 0 bridgehead atoms. The van der Waals surface area contributed by atoms with Crippen LogP contribution >= 0.6 is 0 Å². The molecule has 0 aromatic heterocycles. The van der Waals surface area contributed by atoms with Crippen LogP contribution < -0.4 is 4.72 Å². The highest BCUT2D eigenvalue weighted by molar-refractivity contribution is 7.91. The molecule has 2 saturated heterocycles. The number of benzene rings is 1. The first-order valence-electron chi connectivity index (χ1n) is 8.86. The summed E-state index contributed by atoms with van der Waals surface area (Å²) >= 11 is 0. The number of rotatable bonds is 6. The SMILES string of the molecule is CS(=O)(=O)[C@@H]1CCN(C(=O)c2ccc(S(=O)(=O)NC[C@H]3CCCO3)cc2)C1. The average molecular weight is 417 g/mol. The molecule has 2 fully saturated rings. The molecule has 3 rings (SSSR count). The molecular formula is C17H24N2O6S2. The van der Waals surface area contributed by atoms with Crippen molar-refractivity contribution in [3.8, 4) is 0 Å². The molecule has 1 N–H and O–H groups in total. The van der Waals surface area contributed by atoms with Crippen molar-refractivity contribution >= 4 is 25.8 Å². The number of carbonyl (C=O) groups excluding carboxylic acids is 1. The van der Waals surface area contributed by atoms with E-state index in [-0.39, 0.29) is 30.0 Å². The summed E-state index contributed by atoms with van der Waals surface area (Å²) in [5.74, 6) is -0.294. The third-order valence-corrected chi connectivity index (χ3v) is 8.01. The number of amides is 1. The summed E-state index contributed by atoms with van der Waals surface area (Å²) in [5.41, 5.74) is 0.335. The summed E-state index contributed by atoms with van der Waals surface area (Å²) in [7, 11) is -6.85. The van der Waals surface area contributed by atoms with Crippen molar-refractivity contribution in [1.82, 2.24) is 9.62 Å². The van der Waals surface area contributed by atoms with Crippen LogP contribution in [0.5, 0.6) is 0 Å². The lowest BCUT2D eigenvalue weighted by Crippen LogP contribution is -2.32. The van der Waals surface area contributed by atoms with Crippen LogP contribution in [0.25, 0.3) is 0 Å². The first kappa shape index (κ1) is 20.2. The minimum Gasteiger partial charge on any atom is -0.377 e. The van der Waals surface area contributed by atoms with Gasteiger partial charge in [-0.15, -0.1) is 0 Å². The minimum atomic E-state index is -3.67. The fourth-order valence-electron chi connectivity index (χ4n) is 3.31. The van der Waals surface area contributed by atoms with Crippen molar-refractivity contribution in [3.05, 3.63) is 29.8 Å². The lowest BCUT2D eigenvalue weighted by molar-refractivity contribution is 0.0793. The Morgan fingerprint density at radius 2 is 1.89 bits per heavy atom. The van der Waals surface area contributed by atoms with E-state index in [2.05, 4.69) is 4.72 Å². The Labute approximate surface area is 159 Å². The maximum Gasteiger partial charge on any atom is 0.253 e. The van der Waals surface area contributed by atoms with Crippen LogP contribution in [-0.2, 0) is 24.6 Å². The van der Waals surface area contributed by atoms with Gasteiger partial charge in [0.05, 0.1) is 16.2 Å². The zero-order chi connectivity index (χ0) is 19.7. The number of hydrogen-bond acceptors (Lipinski definition) is 6. The molecule has 1 amide bonds. The molecule has 0 spiro atoms. The van der Waals surface area contributed by atoms with E-state index >= 15 is 0 Å². The van der Waals surface area contributed by atoms with E-state index < -0.39 is 25.1 Å². The van der Waals surface area contributed by atoms with Gasteiger partial charge in [0.2, 0.25) is 10.0 Å². The predicted octanol–water partition coefficient (Wildman–Crippen LogP) is 0.403. The van der Waals surface area contributed by atoms with Gasteiger partial charge in [0.15, 0.2) is 9.84 Å². The molecule has 0 radical (unpaired) electrons. The van der Waals surface area contributed by atoms with Gasteiger partial charge in [-0.2, -0.15) is 0 Å². The zero-order valence-corrected chi connectivity index (χ0v) is 16.8. The fraction of sp³-hybridized carbons (Fsp3) is 0.588. The predicted molar refractivity (Wildman–Crippen MR) is 99.8 cm³/mol. The molecule has 1 aromatic carbocycles. The van der Waals surface area contributed by atoms with E-state index in [1.165, 1.54) is 35.4 Å². The Kier molecular flexibility index (Phi) is 5.90. The first-order valence-corrected chi connectivity index (χ1v) is 12.3. The van der Waals surface area contributed by atoms with Crippen molar-refractivity contribution in [3.63, 3.8) is 0 Å². The summed E-state index contributed by atoms with van der Waals surface area (Å²) < 4.78 is 55.9. The van der Waals surface area contributed by atoms with Crippen LogP contribution in [0, 0.1) is 0 Å². The second-order valence-electron chi connectivity index (χ2n) is 7.00. The second kappa shape index (κ2) is 7.86. The largest absolute Gasteiger partial charge is 0.377 e. The van der Waals surface area contributed by atoms with Crippen molar-refractivity contribution in [2.75, 3.05) is 32.5 Å². The Bertz CT molecular complexity index is 890. The highest BCUT2D eigenvalue weighted by atomic mass is 32.2. The third kappa shape index (κ3) is 4.87. The first-order chi connectivity index (χ1) is 12.7. The lowest BCUT2D eigenvalue weighted by atomic mass is 10.2. The number of hydrogen-bond donors (Lipinski definition) is 1. The maximum atomic E-state index is 12.5. The topological polar surface area (TPSA) is 110 Å². The maximum absolute atomic E-state index is 12.5. The van der Waals surface area contributed by atoms with Gasteiger partial charge in [-0.05, 0) is 43.5 Å². The van der Waals surface area contributed by atoms with Crippen LogP contribution in [0.1, 0.15) is 29.6 Å². The van der Waals surface area contributed by atoms with Crippen LogP contribution in [0.4, 0.5) is 0 Å². The molecule has 10 heteroatoms. The van der Waals surface area contributed by atoms with E-state index in [0.717, 1.165) is 12.8 Å². The number of nitrogens with zero attached hydrogens (tertiary/aromatic N) is 1. The van der Waals surface area contributed by atoms with Gasteiger partial charge in [-0.1, -0.05) is 0 Å². The lowest BCUT2D eigenvalue weighted by Gasteiger charge is -2.16. The normalized spacial score (nSPS) is 23.7. The van der Waals surface area contributed by atoms with Crippen LogP contribution in [0.3, 0.4) is 0 Å². The fourth-order valence-corrected chi connectivity index (χ4v) is 5.36. The highest BCUT2D eigenvalue weighted by Gasteiger charge is 2.33. The molecule has 0 aliphatic carbocycles. The van der Waals surface area contributed by atoms with Crippen molar-refractivity contribution in [2.24, 2.45) is 0 Å². The van der Waals surface area contributed by atoms with Gasteiger partial charge in [0.1, 0.15) is 0 Å². The summed E-state index contributed by atoms with van der Waals surface area (Å²) in [5, 5.41) is -0.539. The van der Waals surface area contributed by atoms with Gasteiger partial charge in [-0.3, -0.25) is 4.79 Å². The number of likely N-dealkylation sites (tertiary alicyclic amines) is 1. The molecule has 0 saturated carbocycles. The number of sulfone groups is 1. The van der Waals surface area contributed by atoms with E-state index in [0.29, 0.717) is 25.1 Å². The van der Waals surface area contributed by atoms with Gasteiger partial charge >= 0.3 is 0 Å². The van der Waals surface area contributed by atoms with E-state index in [1.54, 1.807) is 0 Å². The van der Waals surface area contributed by atoms with E-state index in [4.69, 9.17) is 4.74 Å². The van der Waals surface area contributed by atoms with Crippen LogP contribution in [-0.4, -0.2) is 71.5 Å². The highest BCUT2D eigenvalue weighted by Crippen LogP contribution is 2.20. The number of nitrogens with one attached hydrogen (secondary N) is 1. The Morgan fingerprint density at radius 1 is 1.19 bits per heavy atom. The van der Waals surface area contributed by atoms with E-state index in [9.17, 15) is 21.6 Å². The van der Waals surface area contributed by atoms with Gasteiger partial charge in [-0.25, -0.2) is 21.6 Å². The number of sulfonamides is 1. The second-order valence-corrected chi connectivity index (χ2v) is 11.1. The molecule has 1 aromatic rings. The van der Waals surface area contributed by atoms with Crippen LogP contribution in [0.15, 0.2) is 29.2 Å². The van der Waals surface area contributed by atoms with Crippen molar-refractivity contribution in [1.29, 1.82) is 0 Å². The standard InChI is InChI=1S/C17H24N2O6S2/c1-26(21,22)16-8-9-19(12-16)17(20)13-4-6-15(7-5-13)27(23,24)18-11-14-3-2-10-25-14/h4-7,14,16,18H,2-3,8-12H2,1H3/t14-,16-/m1/s1. The quantitative estimate of drug-likeness (QED) is 0.719. The number of carbonyl (C=O) groups is 1. The summed E-state index contributed by atoms with van der Waals surface area (Å²) in [6, 6.07) is 5.68. The third-order valence-electron chi connectivity index (χ3n) is 4.97. The van der Waals surface area contributed by atoms with Gasteiger partial charge in [0, 0.05) is 38.1 Å². The Morgan fingerprint density at radius 3 is 2.44 bits per heavy atom. The smallest absolute Gasteiger partial charge is 0.253 e. The average Bonchev–Trinajstić information content (AvgIpc) is 3.31. The zero-order valence-electron chi connectivity index (χ0n) is 15.1. The van der Waals surface area contributed by atoms with Gasteiger partial charge in [0.25, 0.3) is 5.91 Å². The molecule has 0 unspecified atom stereocenters. The molecule has 2 heterocycles. The van der Waals surface area contributed by atoms with E-state index in [1.807, 2.05) is 0 Å². The Hall–Kier alpha value is -1.49. The molecular weight excluding hydrogens is 392 g/mol. The molecule has 2 aliphatic rings.